The molecule has 31 heavy (non-hydrogen) atoms. The number of hydrogen-bond acceptors (Lipinski definition) is 1. The maximum absolute atomic E-state index is 12.3. The van der Waals surface area contributed by atoms with Crippen LogP contribution in [0.3, 0.4) is 0 Å². The van der Waals surface area contributed by atoms with E-state index in [9.17, 15) is 5.11 Å². The Bertz CT molecular complexity index is 1110. The number of hydrogen-bond donors (Lipinski definition) is 1. The van der Waals surface area contributed by atoms with Gasteiger partial charge < -0.3 is 5.11 Å². The number of aliphatic hydroxyl groups is 1. The summed E-state index contributed by atoms with van der Waals surface area (Å²) in [6.45, 7) is 0. The first-order valence-corrected chi connectivity index (χ1v) is 10.9. The van der Waals surface area contributed by atoms with Crippen molar-refractivity contribution in [1.82, 2.24) is 0 Å². The fraction of sp³-hybridized carbons (Fsp3) is 0.133. The summed E-state index contributed by atoms with van der Waals surface area (Å²) in [5, 5.41) is 12.3. The second-order valence-corrected chi connectivity index (χ2v) is 8.33. The van der Waals surface area contributed by atoms with Gasteiger partial charge in [-0.3, -0.25) is 0 Å². The Labute approximate surface area is 184 Å². The number of benzene rings is 4. The molecular weight excluding hydrogens is 376 g/mol. The monoisotopic (exact) mass is 402 g/mol. The summed E-state index contributed by atoms with van der Waals surface area (Å²) in [4.78, 5) is 0. The minimum Gasteiger partial charge on any atom is -0.380 e. The standard InChI is InChI=1S/C30H26O/c31-30(25-17-9-3-10-18-25,26-19-11-4-12-20-26)29-27(21-23-13-5-1-6-14-23)28(29)22-24-15-7-2-8-16-24/h1-21,28-29,31H,22H2. The molecule has 1 aliphatic rings. The summed E-state index contributed by atoms with van der Waals surface area (Å²) in [6, 6.07) is 41.3. The van der Waals surface area contributed by atoms with Gasteiger partial charge in [0.25, 0.3) is 0 Å². The zero-order valence-electron chi connectivity index (χ0n) is 17.4. The maximum atomic E-state index is 12.3. The summed E-state index contributed by atoms with van der Waals surface area (Å²) in [6.07, 6.45) is 3.20. The highest BCUT2D eigenvalue weighted by Crippen LogP contribution is 2.60. The lowest BCUT2D eigenvalue weighted by atomic mass is 9.80. The Morgan fingerprint density at radius 3 is 1.58 bits per heavy atom. The van der Waals surface area contributed by atoms with E-state index in [2.05, 4.69) is 60.7 Å². The van der Waals surface area contributed by atoms with Gasteiger partial charge in [0.15, 0.2) is 0 Å². The lowest BCUT2D eigenvalue weighted by Gasteiger charge is -2.30. The molecule has 1 nitrogen and oxygen atoms in total. The molecule has 0 saturated heterocycles. The predicted octanol–water partition coefficient (Wildman–Crippen LogP) is 6.49. The third-order valence-electron chi connectivity index (χ3n) is 6.39. The SMILES string of the molecule is OC(c1ccccc1)(c1ccccc1)C1C(=Cc2ccccc2)C1Cc1ccccc1. The predicted molar refractivity (Wildman–Crippen MR) is 127 cm³/mol. The minimum absolute atomic E-state index is 0.0257. The van der Waals surface area contributed by atoms with Crippen molar-refractivity contribution in [2.45, 2.75) is 12.0 Å². The summed E-state index contributed by atoms with van der Waals surface area (Å²) >= 11 is 0. The van der Waals surface area contributed by atoms with Crippen LogP contribution >= 0.6 is 0 Å². The van der Waals surface area contributed by atoms with Crippen LogP contribution in [0.4, 0.5) is 0 Å². The molecule has 0 heterocycles. The van der Waals surface area contributed by atoms with E-state index in [0.29, 0.717) is 0 Å². The molecule has 152 valence electrons. The van der Waals surface area contributed by atoms with Crippen molar-refractivity contribution in [3.8, 4) is 0 Å². The fourth-order valence-corrected chi connectivity index (χ4v) is 4.82. The van der Waals surface area contributed by atoms with E-state index in [1.165, 1.54) is 16.7 Å². The van der Waals surface area contributed by atoms with Crippen LogP contribution in [-0.4, -0.2) is 5.11 Å². The highest BCUT2D eigenvalue weighted by molar-refractivity contribution is 5.62. The maximum Gasteiger partial charge on any atom is 0.122 e. The molecule has 0 radical (unpaired) electrons. The Morgan fingerprint density at radius 2 is 1.06 bits per heavy atom. The topological polar surface area (TPSA) is 20.2 Å². The second kappa shape index (κ2) is 8.37. The van der Waals surface area contributed by atoms with Gasteiger partial charge in [-0.25, -0.2) is 0 Å². The van der Waals surface area contributed by atoms with Crippen LogP contribution in [0.25, 0.3) is 6.08 Å². The van der Waals surface area contributed by atoms with E-state index in [1.807, 2.05) is 66.7 Å². The largest absolute Gasteiger partial charge is 0.380 e. The zero-order chi connectivity index (χ0) is 21.1. The van der Waals surface area contributed by atoms with Crippen molar-refractivity contribution in [2.24, 2.45) is 11.8 Å². The van der Waals surface area contributed by atoms with Crippen molar-refractivity contribution in [1.29, 1.82) is 0 Å². The van der Waals surface area contributed by atoms with Crippen molar-refractivity contribution in [3.05, 3.63) is 149 Å². The lowest BCUT2D eigenvalue weighted by Crippen LogP contribution is -2.31. The van der Waals surface area contributed by atoms with E-state index in [-0.39, 0.29) is 11.8 Å². The summed E-state index contributed by atoms with van der Waals surface area (Å²) in [7, 11) is 0. The molecule has 4 aromatic carbocycles. The van der Waals surface area contributed by atoms with E-state index in [4.69, 9.17) is 0 Å². The Kier molecular flexibility index (Phi) is 5.28. The third-order valence-corrected chi connectivity index (χ3v) is 6.39. The average Bonchev–Trinajstić information content (AvgIpc) is 3.52. The van der Waals surface area contributed by atoms with Gasteiger partial charge in [0, 0.05) is 5.92 Å². The van der Waals surface area contributed by atoms with Gasteiger partial charge in [-0.1, -0.05) is 133 Å². The van der Waals surface area contributed by atoms with Gasteiger partial charge in [0.05, 0.1) is 0 Å². The molecule has 5 rings (SSSR count). The van der Waals surface area contributed by atoms with Gasteiger partial charge in [-0.2, -0.15) is 0 Å². The molecule has 0 bridgehead atoms. The van der Waals surface area contributed by atoms with Gasteiger partial charge in [-0.05, 0) is 34.6 Å². The molecule has 0 aliphatic heterocycles. The van der Waals surface area contributed by atoms with Crippen LogP contribution in [0, 0.1) is 11.8 Å². The highest BCUT2D eigenvalue weighted by atomic mass is 16.3. The Balaban J connectivity index is 1.61. The van der Waals surface area contributed by atoms with Crippen molar-refractivity contribution >= 4 is 6.08 Å². The Morgan fingerprint density at radius 1 is 0.613 bits per heavy atom. The van der Waals surface area contributed by atoms with E-state index >= 15 is 0 Å². The smallest absolute Gasteiger partial charge is 0.122 e. The van der Waals surface area contributed by atoms with E-state index in [1.54, 1.807) is 0 Å². The van der Waals surface area contributed by atoms with Crippen LogP contribution in [0.2, 0.25) is 0 Å². The molecule has 2 atom stereocenters. The van der Waals surface area contributed by atoms with Crippen molar-refractivity contribution in [3.63, 3.8) is 0 Å². The van der Waals surface area contributed by atoms with Crippen molar-refractivity contribution < 1.29 is 5.11 Å². The fourth-order valence-electron chi connectivity index (χ4n) is 4.82. The summed E-state index contributed by atoms with van der Waals surface area (Å²) < 4.78 is 0. The molecule has 2 unspecified atom stereocenters. The summed E-state index contributed by atoms with van der Waals surface area (Å²) in [5.74, 6) is 0.311. The molecule has 0 spiro atoms. The highest BCUT2D eigenvalue weighted by Gasteiger charge is 2.57. The van der Waals surface area contributed by atoms with Crippen molar-refractivity contribution in [2.75, 3.05) is 0 Å². The number of rotatable bonds is 6. The molecule has 0 amide bonds. The average molecular weight is 403 g/mol. The second-order valence-electron chi connectivity index (χ2n) is 8.33. The first kappa shape index (κ1) is 19.5. The van der Waals surface area contributed by atoms with Crippen LogP contribution in [0.5, 0.6) is 0 Å². The van der Waals surface area contributed by atoms with Gasteiger partial charge in [0.1, 0.15) is 5.60 Å². The molecule has 1 fully saturated rings. The normalized spacial score (nSPS) is 19.3. The molecule has 4 aromatic rings. The Hall–Kier alpha value is -3.42. The molecular formula is C30H26O. The van der Waals surface area contributed by atoms with Gasteiger partial charge in [-0.15, -0.1) is 0 Å². The first-order valence-electron chi connectivity index (χ1n) is 10.9. The zero-order valence-corrected chi connectivity index (χ0v) is 17.4. The van der Waals surface area contributed by atoms with Crippen LogP contribution in [0.1, 0.15) is 22.3 Å². The van der Waals surface area contributed by atoms with E-state index in [0.717, 1.165) is 17.5 Å². The van der Waals surface area contributed by atoms with Crippen LogP contribution in [-0.2, 0) is 12.0 Å². The van der Waals surface area contributed by atoms with Crippen LogP contribution < -0.4 is 0 Å². The minimum atomic E-state index is -1.07. The molecule has 1 heteroatoms. The first-order chi connectivity index (χ1) is 15.3. The van der Waals surface area contributed by atoms with Crippen LogP contribution in [0.15, 0.2) is 127 Å². The molecule has 1 N–H and O–H groups in total. The molecule has 0 aromatic heterocycles. The third kappa shape index (κ3) is 3.85. The van der Waals surface area contributed by atoms with E-state index < -0.39 is 5.60 Å². The van der Waals surface area contributed by atoms with Gasteiger partial charge >= 0.3 is 0 Å². The van der Waals surface area contributed by atoms with Gasteiger partial charge in [0.2, 0.25) is 0 Å². The molecule has 1 aliphatic carbocycles. The lowest BCUT2D eigenvalue weighted by molar-refractivity contribution is 0.0541. The summed E-state index contributed by atoms with van der Waals surface area (Å²) in [5.41, 5.74) is 4.62. The molecule has 1 saturated carbocycles. The quantitative estimate of drug-likeness (QED) is 0.390.